The summed E-state index contributed by atoms with van der Waals surface area (Å²) in [6, 6.07) is 15.0. The number of para-hydroxylation sites is 1. The number of aromatic nitrogens is 2. The third-order valence-corrected chi connectivity index (χ3v) is 8.57. The molecule has 1 aromatic heterocycles. The molecule has 2 heterocycles. The van der Waals surface area contributed by atoms with Crippen LogP contribution < -0.4 is 5.56 Å². The normalized spacial score (nSPS) is 23.1. The van der Waals surface area contributed by atoms with Crippen molar-refractivity contribution < 1.29 is 4.79 Å². The fraction of sp³-hybridized carbons (Fsp3) is 0.464. The van der Waals surface area contributed by atoms with Gasteiger partial charge >= 0.3 is 0 Å². The Bertz CT molecular complexity index is 1340. The molecule has 1 aliphatic heterocycles. The molecule has 2 bridgehead atoms. The highest BCUT2D eigenvalue weighted by Crippen LogP contribution is 2.52. The Kier molecular flexibility index (Phi) is 6.47. The van der Waals surface area contributed by atoms with Crippen molar-refractivity contribution in [1.82, 2.24) is 14.5 Å². The Morgan fingerprint density at radius 1 is 1.14 bits per heavy atom. The zero-order valence-electron chi connectivity index (χ0n) is 20.6. The monoisotopic (exact) mass is 509 g/mol. The Morgan fingerprint density at radius 3 is 2.74 bits per heavy atom. The van der Waals surface area contributed by atoms with Crippen LogP contribution in [0.2, 0.25) is 5.02 Å². The molecule has 5 rings (SSSR count). The van der Waals surface area contributed by atoms with Gasteiger partial charge in [0.2, 0.25) is 5.91 Å². The first kappa shape index (κ1) is 24.4. The number of halogens is 1. The molecule has 2 aliphatic rings. The van der Waals surface area contributed by atoms with E-state index in [0.717, 1.165) is 25.8 Å². The van der Waals surface area contributed by atoms with Crippen molar-refractivity contribution in [2.75, 3.05) is 12.3 Å². The number of hydrogen-bond acceptors (Lipinski definition) is 4. The Morgan fingerprint density at radius 2 is 1.94 bits per heavy atom. The number of carbonyl (C=O) groups is 1. The van der Waals surface area contributed by atoms with Crippen LogP contribution in [0.15, 0.2) is 58.5 Å². The minimum absolute atomic E-state index is 0.114. The molecule has 3 aromatic rings. The zero-order valence-corrected chi connectivity index (χ0v) is 22.2. The lowest BCUT2D eigenvalue weighted by Gasteiger charge is -2.39. The maximum absolute atomic E-state index is 13.4. The molecule has 0 radical (unpaired) electrons. The van der Waals surface area contributed by atoms with E-state index in [4.69, 9.17) is 16.6 Å². The van der Waals surface area contributed by atoms with Crippen LogP contribution in [-0.4, -0.2) is 38.7 Å². The lowest BCUT2D eigenvalue weighted by molar-refractivity contribution is -0.132. The van der Waals surface area contributed by atoms with Gasteiger partial charge in [0, 0.05) is 29.8 Å². The minimum atomic E-state index is -0.114. The predicted molar refractivity (Wildman–Crippen MR) is 144 cm³/mol. The quantitative estimate of drug-likeness (QED) is 0.221. The summed E-state index contributed by atoms with van der Waals surface area (Å²) < 4.78 is 1.63. The Hall–Kier alpha value is -2.31. The van der Waals surface area contributed by atoms with E-state index in [2.05, 4.69) is 25.7 Å². The van der Waals surface area contributed by atoms with E-state index in [0.29, 0.717) is 50.4 Å². The average Bonchev–Trinajstić information content (AvgIpc) is 3.05. The molecule has 5 nitrogen and oxygen atoms in total. The van der Waals surface area contributed by atoms with Crippen molar-refractivity contribution in [3.8, 4) is 5.69 Å². The van der Waals surface area contributed by atoms with Gasteiger partial charge in [-0.2, -0.15) is 0 Å². The largest absolute Gasteiger partial charge is 0.339 e. The van der Waals surface area contributed by atoms with Crippen molar-refractivity contribution in [1.29, 1.82) is 0 Å². The number of rotatable bonds is 6. The molecule has 1 amide bonds. The highest BCUT2D eigenvalue weighted by molar-refractivity contribution is 7.99. The topological polar surface area (TPSA) is 55.2 Å². The van der Waals surface area contributed by atoms with Crippen molar-refractivity contribution in [2.45, 2.75) is 64.1 Å². The van der Waals surface area contributed by atoms with Crippen LogP contribution in [0.4, 0.5) is 0 Å². The number of benzene rings is 2. The molecule has 2 fully saturated rings. The molecule has 35 heavy (non-hydrogen) atoms. The molecule has 184 valence electrons. The standard InChI is InChI=1S/C28H32ClN3O2S/c1-27(2)15-21-16-28(3,17-27)18-31(21)24(33)12-7-13-35-26-30-23-11-5-4-10-22(23)25(34)32(26)20-9-6-8-19(29)14-20/h4-6,8-11,14,21H,7,12-13,15-18H2,1-3H3. The number of hydrogen-bond donors (Lipinski definition) is 0. The molecule has 0 spiro atoms. The summed E-state index contributed by atoms with van der Waals surface area (Å²) >= 11 is 7.74. The molecule has 7 heteroatoms. The Balaban J connectivity index is 1.30. The minimum Gasteiger partial charge on any atom is -0.339 e. The summed E-state index contributed by atoms with van der Waals surface area (Å²) in [5, 5.41) is 1.76. The number of thioether (sulfide) groups is 1. The predicted octanol–water partition coefficient (Wildman–Crippen LogP) is 6.34. The van der Waals surface area contributed by atoms with E-state index in [1.165, 1.54) is 18.2 Å². The summed E-state index contributed by atoms with van der Waals surface area (Å²) in [6.07, 6.45) is 4.67. The second kappa shape index (κ2) is 9.29. The first-order chi connectivity index (χ1) is 16.6. The maximum atomic E-state index is 13.4. The fourth-order valence-electron chi connectivity index (χ4n) is 6.33. The first-order valence-electron chi connectivity index (χ1n) is 12.3. The summed E-state index contributed by atoms with van der Waals surface area (Å²) in [4.78, 5) is 33.4. The van der Waals surface area contributed by atoms with Crippen molar-refractivity contribution >= 4 is 40.2 Å². The van der Waals surface area contributed by atoms with E-state index in [9.17, 15) is 9.59 Å². The van der Waals surface area contributed by atoms with Crippen LogP contribution >= 0.6 is 23.4 Å². The fourth-order valence-corrected chi connectivity index (χ4v) is 7.47. The molecule has 2 aromatic carbocycles. The van der Waals surface area contributed by atoms with Crippen LogP contribution in [0.25, 0.3) is 16.6 Å². The van der Waals surface area contributed by atoms with Gasteiger partial charge in [0.15, 0.2) is 5.16 Å². The molecular formula is C28H32ClN3O2S. The summed E-state index contributed by atoms with van der Waals surface area (Å²) in [5.41, 5.74) is 1.80. The third-order valence-electron chi connectivity index (χ3n) is 7.31. The van der Waals surface area contributed by atoms with Crippen LogP contribution in [0.1, 0.15) is 52.9 Å². The van der Waals surface area contributed by atoms with Crippen LogP contribution in [0.5, 0.6) is 0 Å². The highest BCUT2D eigenvalue weighted by Gasteiger charge is 2.50. The van der Waals surface area contributed by atoms with Crippen molar-refractivity contribution in [3.63, 3.8) is 0 Å². The van der Waals surface area contributed by atoms with Crippen molar-refractivity contribution in [3.05, 3.63) is 63.9 Å². The van der Waals surface area contributed by atoms with Gasteiger partial charge in [0.05, 0.1) is 16.6 Å². The van der Waals surface area contributed by atoms with E-state index in [1.54, 1.807) is 22.8 Å². The second-order valence-electron chi connectivity index (χ2n) is 11.2. The van der Waals surface area contributed by atoms with Gasteiger partial charge in [0.1, 0.15) is 0 Å². The van der Waals surface area contributed by atoms with E-state index in [1.807, 2.05) is 30.3 Å². The Labute approximate surface area is 215 Å². The lowest BCUT2D eigenvalue weighted by atomic mass is 9.65. The number of carbonyl (C=O) groups excluding carboxylic acids is 1. The van der Waals surface area contributed by atoms with Gasteiger partial charge in [-0.15, -0.1) is 0 Å². The highest BCUT2D eigenvalue weighted by atomic mass is 35.5. The van der Waals surface area contributed by atoms with Crippen LogP contribution in [0.3, 0.4) is 0 Å². The van der Waals surface area contributed by atoms with E-state index >= 15 is 0 Å². The van der Waals surface area contributed by atoms with Crippen LogP contribution in [-0.2, 0) is 4.79 Å². The van der Waals surface area contributed by atoms with E-state index in [-0.39, 0.29) is 16.9 Å². The van der Waals surface area contributed by atoms with Gasteiger partial charge in [-0.1, -0.05) is 62.3 Å². The van der Waals surface area contributed by atoms with Gasteiger partial charge < -0.3 is 4.90 Å². The number of fused-ring (bicyclic) bond motifs is 3. The molecule has 1 saturated heterocycles. The summed E-state index contributed by atoms with van der Waals surface area (Å²) in [5.74, 6) is 0.967. The summed E-state index contributed by atoms with van der Waals surface area (Å²) in [7, 11) is 0. The number of nitrogens with zero attached hydrogens (tertiary/aromatic N) is 3. The zero-order chi connectivity index (χ0) is 24.8. The summed E-state index contributed by atoms with van der Waals surface area (Å²) in [6.45, 7) is 7.88. The van der Waals surface area contributed by atoms with Gasteiger partial charge in [-0.3, -0.25) is 14.2 Å². The smallest absolute Gasteiger partial charge is 0.266 e. The number of likely N-dealkylation sites (tertiary alicyclic amines) is 1. The molecule has 0 N–H and O–H groups in total. The van der Waals surface area contributed by atoms with E-state index < -0.39 is 0 Å². The van der Waals surface area contributed by atoms with Gasteiger partial charge in [0.25, 0.3) is 5.56 Å². The molecule has 1 aliphatic carbocycles. The van der Waals surface area contributed by atoms with Gasteiger partial charge in [-0.25, -0.2) is 4.98 Å². The molecule has 1 saturated carbocycles. The number of amides is 1. The maximum Gasteiger partial charge on any atom is 0.266 e. The lowest BCUT2D eigenvalue weighted by Crippen LogP contribution is -2.37. The molecule has 2 unspecified atom stereocenters. The third kappa shape index (κ3) is 5.01. The second-order valence-corrected chi connectivity index (χ2v) is 12.7. The average molecular weight is 510 g/mol. The SMILES string of the molecule is CC1(C)CC2CC(C)(CN2C(=O)CCCSc2nc3ccccc3c(=O)n2-c2cccc(Cl)c2)C1. The first-order valence-corrected chi connectivity index (χ1v) is 13.7. The van der Waals surface area contributed by atoms with Crippen LogP contribution in [0, 0.1) is 10.8 Å². The molecular weight excluding hydrogens is 478 g/mol. The van der Waals surface area contributed by atoms with Crippen molar-refractivity contribution in [2.24, 2.45) is 10.8 Å². The van der Waals surface area contributed by atoms with Gasteiger partial charge in [-0.05, 0) is 66.8 Å². The molecule has 2 atom stereocenters.